The Morgan fingerprint density at radius 1 is 1.29 bits per heavy atom. The number of benzene rings is 1. The largest absolute Gasteiger partial charge is 0.311 e. The highest BCUT2D eigenvalue weighted by Crippen LogP contribution is 2.32. The quantitative estimate of drug-likeness (QED) is 0.878. The Morgan fingerprint density at radius 2 is 2.10 bits per heavy atom. The average Bonchev–Trinajstić information content (AvgIpc) is 3.09. The Bertz CT molecular complexity index is 568. The summed E-state index contributed by atoms with van der Waals surface area (Å²) in [6.07, 6.45) is 4.89. The zero-order chi connectivity index (χ0) is 14.7. The fourth-order valence-corrected chi connectivity index (χ4v) is 4.42. The maximum absolute atomic E-state index is 4.87. The molecule has 2 aromatic rings. The maximum Gasteiger partial charge on any atom is 0.0951 e. The first-order chi connectivity index (χ1) is 10.2. The van der Waals surface area contributed by atoms with Crippen LogP contribution in [0.1, 0.15) is 38.1 Å². The molecule has 0 saturated carbocycles. The van der Waals surface area contributed by atoms with Crippen molar-refractivity contribution in [3.8, 4) is 11.3 Å². The molecular weight excluding hydrogens is 276 g/mol. The lowest BCUT2D eigenvalue weighted by atomic mass is 9.85. The van der Waals surface area contributed by atoms with E-state index in [-0.39, 0.29) is 5.54 Å². The summed E-state index contributed by atoms with van der Waals surface area (Å²) < 4.78 is 0. The first-order valence-electron chi connectivity index (χ1n) is 7.92. The zero-order valence-corrected chi connectivity index (χ0v) is 13.7. The standard InChI is InChI=1S/C18H24N2S/c1-14(2)11-18(9-6-10-19-18)12-17-20-16(13-21-17)15-7-4-3-5-8-15/h3-5,7-8,13-14,19H,6,9-12H2,1-2H3. The van der Waals surface area contributed by atoms with Crippen LogP contribution < -0.4 is 5.32 Å². The van der Waals surface area contributed by atoms with Crippen molar-refractivity contribution >= 4 is 11.3 Å². The predicted molar refractivity (Wildman–Crippen MR) is 90.7 cm³/mol. The van der Waals surface area contributed by atoms with E-state index in [1.54, 1.807) is 11.3 Å². The second kappa shape index (κ2) is 6.29. The molecule has 3 rings (SSSR count). The number of hydrogen-bond donors (Lipinski definition) is 1. The van der Waals surface area contributed by atoms with Crippen LogP contribution in [0.15, 0.2) is 35.7 Å². The Kier molecular flexibility index (Phi) is 4.41. The van der Waals surface area contributed by atoms with E-state index < -0.39 is 0 Å². The number of thiazole rings is 1. The molecule has 1 fully saturated rings. The minimum atomic E-state index is 0.278. The molecule has 0 amide bonds. The van der Waals surface area contributed by atoms with Gasteiger partial charge in [-0.15, -0.1) is 11.3 Å². The predicted octanol–water partition coefficient (Wildman–Crippen LogP) is 4.52. The fraction of sp³-hybridized carbons (Fsp3) is 0.500. The summed E-state index contributed by atoms with van der Waals surface area (Å²) in [6, 6.07) is 10.5. The third-order valence-corrected chi connectivity index (χ3v) is 5.09. The van der Waals surface area contributed by atoms with Crippen molar-refractivity contribution in [3.63, 3.8) is 0 Å². The van der Waals surface area contributed by atoms with E-state index in [0.29, 0.717) is 0 Å². The molecule has 112 valence electrons. The fourth-order valence-electron chi connectivity index (χ4n) is 3.47. The molecule has 1 N–H and O–H groups in total. The number of nitrogens with one attached hydrogen (secondary N) is 1. The molecule has 1 aromatic heterocycles. The lowest BCUT2D eigenvalue weighted by Gasteiger charge is -2.30. The lowest BCUT2D eigenvalue weighted by Crippen LogP contribution is -2.43. The van der Waals surface area contributed by atoms with Crippen LogP contribution in [0, 0.1) is 5.92 Å². The van der Waals surface area contributed by atoms with Gasteiger partial charge >= 0.3 is 0 Å². The smallest absolute Gasteiger partial charge is 0.0951 e. The highest BCUT2D eigenvalue weighted by atomic mass is 32.1. The van der Waals surface area contributed by atoms with Gasteiger partial charge in [0, 0.05) is 22.9 Å². The Balaban J connectivity index is 1.77. The lowest BCUT2D eigenvalue weighted by molar-refractivity contribution is 0.301. The molecule has 3 heteroatoms. The van der Waals surface area contributed by atoms with E-state index in [2.05, 4.69) is 54.9 Å². The van der Waals surface area contributed by atoms with Gasteiger partial charge in [-0.05, 0) is 31.7 Å². The van der Waals surface area contributed by atoms with Gasteiger partial charge in [0.1, 0.15) is 0 Å². The first kappa shape index (κ1) is 14.7. The van der Waals surface area contributed by atoms with Gasteiger partial charge in [0.25, 0.3) is 0 Å². The summed E-state index contributed by atoms with van der Waals surface area (Å²) in [5, 5.41) is 7.23. The topological polar surface area (TPSA) is 24.9 Å². The summed E-state index contributed by atoms with van der Waals surface area (Å²) in [7, 11) is 0. The molecule has 1 aliphatic heterocycles. The van der Waals surface area contributed by atoms with E-state index in [1.165, 1.54) is 29.8 Å². The van der Waals surface area contributed by atoms with Gasteiger partial charge in [0.05, 0.1) is 10.7 Å². The van der Waals surface area contributed by atoms with Crippen LogP contribution in [-0.4, -0.2) is 17.1 Å². The summed E-state index contributed by atoms with van der Waals surface area (Å²) in [6.45, 7) is 5.79. The van der Waals surface area contributed by atoms with Gasteiger partial charge in [-0.3, -0.25) is 0 Å². The molecule has 0 bridgehead atoms. The molecule has 0 radical (unpaired) electrons. The molecule has 2 nitrogen and oxygen atoms in total. The minimum absolute atomic E-state index is 0.278. The Morgan fingerprint density at radius 3 is 2.76 bits per heavy atom. The van der Waals surface area contributed by atoms with Crippen LogP contribution in [0.3, 0.4) is 0 Å². The third kappa shape index (κ3) is 3.53. The number of nitrogens with zero attached hydrogens (tertiary/aromatic N) is 1. The van der Waals surface area contributed by atoms with Gasteiger partial charge in [-0.25, -0.2) is 4.98 Å². The van der Waals surface area contributed by atoms with Crippen molar-refractivity contribution in [1.82, 2.24) is 10.3 Å². The molecule has 0 spiro atoms. The molecular formula is C18H24N2S. The molecule has 1 aromatic carbocycles. The van der Waals surface area contributed by atoms with Gasteiger partial charge in [-0.2, -0.15) is 0 Å². The molecule has 2 heterocycles. The average molecular weight is 300 g/mol. The van der Waals surface area contributed by atoms with Gasteiger partial charge in [0.15, 0.2) is 0 Å². The minimum Gasteiger partial charge on any atom is -0.311 e. The van der Waals surface area contributed by atoms with E-state index in [1.807, 2.05) is 0 Å². The molecule has 1 aliphatic rings. The van der Waals surface area contributed by atoms with Crippen molar-refractivity contribution in [1.29, 1.82) is 0 Å². The van der Waals surface area contributed by atoms with Crippen molar-refractivity contribution in [2.24, 2.45) is 5.92 Å². The van der Waals surface area contributed by atoms with Crippen LogP contribution in [0.5, 0.6) is 0 Å². The molecule has 0 aliphatic carbocycles. The van der Waals surface area contributed by atoms with Gasteiger partial charge in [0.2, 0.25) is 0 Å². The second-order valence-electron chi connectivity index (χ2n) is 6.58. The Labute approximate surface area is 131 Å². The van der Waals surface area contributed by atoms with Crippen LogP contribution in [0.4, 0.5) is 0 Å². The normalized spacial score (nSPS) is 22.0. The van der Waals surface area contributed by atoms with E-state index in [0.717, 1.165) is 24.6 Å². The van der Waals surface area contributed by atoms with Crippen LogP contribution in [0.25, 0.3) is 11.3 Å². The van der Waals surface area contributed by atoms with Crippen molar-refractivity contribution in [3.05, 3.63) is 40.7 Å². The summed E-state index contributed by atoms with van der Waals surface area (Å²) in [4.78, 5) is 4.87. The Hall–Kier alpha value is -1.19. The second-order valence-corrected chi connectivity index (χ2v) is 7.52. The molecule has 21 heavy (non-hydrogen) atoms. The van der Waals surface area contributed by atoms with Crippen molar-refractivity contribution in [2.75, 3.05) is 6.54 Å². The SMILES string of the molecule is CC(C)CC1(Cc2nc(-c3ccccc3)cs2)CCCN1. The summed E-state index contributed by atoms with van der Waals surface area (Å²) in [5.74, 6) is 0.726. The zero-order valence-electron chi connectivity index (χ0n) is 12.9. The van der Waals surface area contributed by atoms with Gasteiger partial charge < -0.3 is 5.32 Å². The van der Waals surface area contributed by atoms with Crippen molar-refractivity contribution < 1.29 is 0 Å². The maximum atomic E-state index is 4.87. The van der Waals surface area contributed by atoms with E-state index in [9.17, 15) is 0 Å². The summed E-state index contributed by atoms with van der Waals surface area (Å²) >= 11 is 1.81. The highest BCUT2D eigenvalue weighted by molar-refractivity contribution is 7.09. The van der Waals surface area contributed by atoms with Crippen LogP contribution in [0.2, 0.25) is 0 Å². The van der Waals surface area contributed by atoms with Crippen LogP contribution in [-0.2, 0) is 6.42 Å². The first-order valence-corrected chi connectivity index (χ1v) is 8.80. The number of rotatable bonds is 5. The van der Waals surface area contributed by atoms with Crippen LogP contribution >= 0.6 is 11.3 Å². The molecule has 1 atom stereocenters. The van der Waals surface area contributed by atoms with Crippen molar-refractivity contribution in [2.45, 2.75) is 45.1 Å². The number of aromatic nitrogens is 1. The number of hydrogen-bond acceptors (Lipinski definition) is 3. The monoisotopic (exact) mass is 300 g/mol. The van der Waals surface area contributed by atoms with Gasteiger partial charge in [-0.1, -0.05) is 44.2 Å². The third-order valence-electron chi connectivity index (χ3n) is 4.24. The van der Waals surface area contributed by atoms with E-state index >= 15 is 0 Å². The molecule has 1 saturated heterocycles. The molecule has 1 unspecified atom stereocenters. The van der Waals surface area contributed by atoms with E-state index in [4.69, 9.17) is 4.98 Å². The highest BCUT2D eigenvalue weighted by Gasteiger charge is 2.34. The summed E-state index contributed by atoms with van der Waals surface area (Å²) in [5.41, 5.74) is 2.62.